The molecule has 2 heterocycles. The van der Waals surface area contributed by atoms with Crippen LogP contribution < -0.4 is 4.74 Å². The number of ether oxygens (including phenoxy) is 3. The van der Waals surface area contributed by atoms with Crippen LogP contribution in [0.3, 0.4) is 0 Å². The fourth-order valence-electron chi connectivity index (χ4n) is 1.91. The fourth-order valence-corrected chi connectivity index (χ4v) is 2.63. The number of rotatable bonds is 3. The zero-order valence-corrected chi connectivity index (χ0v) is 13.0. The average Bonchev–Trinajstić information content (AvgIpc) is 2.38. The first-order valence-corrected chi connectivity index (χ1v) is 7.51. The first-order valence-electron chi connectivity index (χ1n) is 6.53. The monoisotopic (exact) mass is 297 g/mol. The molecule has 0 aromatic carbocycles. The van der Waals surface area contributed by atoms with E-state index in [2.05, 4.69) is 4.98 Å². The molecule has 0 fully saturated rings. The average molecular weight is 297 g/mol. The molecule has 20 heavy (non-hydrogen) atoms. The molecule has 110 valence electrons. The summed E-state index contributed by atoms with van der Waals surface area (Å²) in [6.07, 6.45) is 1.77. The van der Waals surface area contributed by atoms with Crippen molar-refractivity contribution < 1.29 is 19.0 Å². The predicted octanol–water partition coefficient (Wildman–Crippen LogP) is 3.42. The molecule has 5 nitrogen and oxygen atoms in total. The van der Waals surface area contributed by atoms with Crippen molar-refractivity contribution in [1.29, 1.82) is 0 Å². The molecule has 1 aromatic heterocycles. The highest BCUT2D eigenvalue weighted by molar-refractivity contribution is 8.12. The van der Waals surface area contributed by atoms with E-state index in [4.69, 9.17) is 14.2 Å². The van der Waals surface area contributed by atoms with E-state index >= 15 is 0 Å². The second-order valence-corrected chi connectivity index (χ2v) is 5.85. The second-order valence-electron chi connectivity index (χ2n) is 4.94. The van der Waals surface area contributed by atoms with Crippen molar-refractivity contribution in [1.82, 2.24) is 4.98 Å². The highest BCUT2D eigenvalue weighted by atomic mass is 32.2. The summed E-state index contributed by atoms with van der Waals surface area (Å²) < 4.78 is 16.4. The van der Waals surface area contributed by atoms with Gasteiger partial charge < -0.3 is 14.2 Å². The molecule has 1 aliphatic heterocycles. The van der Waals surface area contributed by atoms with Crippen molar-refractivity contribution in [3.05, 3.63) is 23.0 Å². The van der Waals surface area contributed by atoms with Crippen molar-refractivity contribution in [2.75, 3.05) is 6.61 Å². The summed E-state index contributed by atoms with van der Waals surface area (Å²) in [6, 6.07) is 0. The minimum absolute atomic E-state index is 0.278. The molecule has 0 spiro atoms. The van der Waals surface area contributed by atoms with Gasteiger partial charge in [-0.3, -0.25) is 4.98 Å². The van der Waals surface area contributed by atoms with Crippen LogP contribution in [0.15, 0.2) is 6.20 Å². The van der Waals surface area contributed by atoms with Crippen LogP contribution in [0.25, 0.3) is 0 Å². The highest BCUT2D eigenvalue weighted by Gasteiger charge is 2.30. The van der Waals surface area contributed by atoms with E-state index in [1.807, 2.05) is 20.8 Å². The molecule has 2 rings (SSSR count). The minimum Gasteiger partial charge on any atom is -0.461 e. The van der Waals surface area contributed by atoms with E-state index in [-0.39, 0.29) is 5.30 Å². The molecule has 1 aliphatic rings. The van der Waals surface area contributed by atoms with Crippen LogP contribution in [-0.2, 0) is 21.8 Å². The molecule has 0 atom stereocenters. The van der Waals surface area contributed by atoms with Crippen LogP contribution in [-0.4, -0.2) is 22.7 Å². The van der Waals surface area contributed by atoms with Gasteiger partial charge in [0.25, 0.3) is 0 Å². The molecule has 0 unspecified atom stereocenters. The fraction of sp³-hybridized carbons (Fsp3) is 0.571. The number of thioether (sulfide) groups is 1. The van der Waals surface area contributed by atoms with Gasteiger partial charge in [0, 0.05) is 31.4 Å². The van der Waals surface area contributed by atoms with Crippen molar-refractivity contribution in [3.63, 3.8) is 0 Å². The molecule has 1 aromatic rings. The zero-order valence-electron chi connectivity index (χ0n) is 12.2. The second kappa shape index (κ2) is 6.01. The normalized spacial score (nSPS) is 16.2. The number of aryl methyl sites for hydroxylation is 1. The number of nitrogens with zero attached hydrogens (tertiary/aromatic N) is 1. The third-order valence-corrected chi connectivity index (χ3v) is 3.73. The number of hydrogen-bond acceptors (Lipinski definition) is 6. The van der Waals surface area contributed by atoms with E-state index in [0.717, 1.165) is 34.3 Å². The Bertz CT molecular complexity index is 516. The summed E-state index contributed by atoms with van der Waals surface area (Å²) >= 11 is 1.12. The van der Waals surface area contributed by atoms with Crippen molar-refractivity contribution in [3.8, 4) is 5.75 Å². The molecular formula is C14H19NO4S. The Morgan fingerprint density at radius 1 is 1.55 bits per heavy atom. The molecule has 0 saturated carbocycles. The number of pyridine rings is 1. The molecule has 6 heteroatoms. The molecule has 0 saturated heterocycles. The summed E-state index contributed by atoms with van der Waals surface area (Å²) in [4.78, 5) is 15.7. The van der Waals surface area contributed by atoms with Gasteiger partial charge in [0.15, 0.2) is 0 Å². The summed E-state index contributed by atoms with van der Waals surface area (Å²) in [5.41, 5.74) is 2.74. The van der Waals surface area contributed by atoms with Gasteiger partial charge in [-0.15, -0.1) is 0 Å². The largest absolute Gasteiger partial charge is 0.461 e. The van der Waals surface area contributed by atoms with E-state index in [0.29, 0.717) is 19.0 Å². The van der Waals surface area contributed by atoms with Crippen LogP contribution in [0, 0.1) is 6.92 Å². The number of fused-ring (bicyclic) bond motifs is 1. The van der Waals surface area contributed by atoms with Crippen molar-refractivity contribution in [2.45, 2.75) is 45.8 Å². The number of hydrogen-bond donors (Lipinski definition) is 0. The Balaban J connectivity index is 2.18. The lowest BCUT2D eigenvalue weighted by Crippen LogP contribution is -2.36. The summed E-state index contributed by atoms with van der Waals surface area (Å²) in [5.74, 6) is 0.622. The van der Waals surface area contributed by atoms with Crippen LogP contribution in [0.5, 0.6) is 5.75 Å². The first-order chi connectivity index (χ1) is 9.43. The molecule has 0 amide bonds. The van der Waals surface area contributed by atoms with Crippen molar-refractivity contribution >= 4 is 17.1 Å². The third-order valence-electron chi connectivity index (χ3n) is 2.92. The maximum atomic E-state index is 11.4. The van der Waals surface area contributed by atoms with Gasteiger partial charge in [0.05, 0.1) is 18.9 Å². The Labute approximate surface area is 123 Å². The molecule has 0 bridgehead atoms. The minimum atomic E-state index is -0.646. The van der Waals surface area contributed by atoms with E-state index in [9.17, 15) is 4.79 Å². The smallest absolute Gasteiger partial charge is 0.367 e. The van der Waals surface area contributed by atoms with Crippen LogP contribution in [0.4, 0.5) is 4.79 Å². The maximum Gasteiger partial charge on any atom is 0.367 e. The number of carbonyl (C=O) groups excluding carboxylic acids is 1. The standard InChI is InChI=1S/C14H19NO4S/c1-5-17-13(16)20-8-10-6-15-9(2)12-11(10)7-18-14(3,4)19-12/h6H,5,7-8H2,1-4H3. The van der Waals surface area contributed by atoms with Crippen molar-refractivity contribution in [2.24, 2.45) is 0 Å². The van der Waals surface area contributed by atoms with Gasteiger partial charge >= 0.3 is 5.30 Å². The Morgan fingerprint density at radius 3 is 3.00 bits per heavy atom. The van der Waals surface area contributed by atoms with Crippen LogP contribution in [0.2, 0.25) is 0 Å². The lowest BCUT2D eigenvalue weighted by atomic mass is 10.1. The van der Waals surface area contributed by atoms with E-state index in [1.54, 1.807) is 13.1 Å². The maximum absolute atomic E-state index is 11.4. The quantitative estimate of drug-likeness (QED) is 0.797. The molecule has 0 radical (unpaired) electrons. The highest BCUT2D eigenvalue weighted by Crippen LogP contribution is 2.36. The zero-order chi connectivity index (χ0) is 14.8. The SMILES string of the molecule is CCOC(=O)SCc1cnc(C)c2c1COC(C)(C)O2. The van der Waals surface area contributed by atoms with E-state index in [1.165, 1.54) is 0 Å². The van der Waals surface area contributed by atoms with Gasteiger partial charge in [0.1, 0.15) is 5.75 Å². The summed E-state index contributed by atoms with van der Waals surface area (Å²) in [6.45, 7) is 8.28. The lowest BCUT2D eigenvalue weighted by molar-refractivity contribution is -0.180. The Morgan fingerprint density at radius 2 is 2.30 bits per heavy atom. The van der Waals surface area contributed by atoms with Gasteiger partial charge in [-0.1, -0.05) is 0 Å². The van der Waals surface area contributed by atoms with Gasteiger partial charge in [-0.05, 0) is 31.2 Å². The number of aromatic nitrogens is 1. The van der Waals surface area contributed by atoms with E-state index < -0.39 is 5.79 Å². The lowest BCUT2D eigenvalue weighted by Gasteiger charge is -2.34. The van der Waals surface area contributed by atoms with Crippen LogP contribution >= 0.6 is 11.8 Å². The molecular weight excluding hydrogens is 278 g/mol. The third kappa shape index (κ3) is 3.43. The number of carbonyl (C=O) groups is 1. The first kappa shape index (κ1) is 15.1. The molecule has 0 aliphatic carbocycles. The van der Waals surface area contributed by atoms with Gasteiger partial charge in [0.2, 0.25) is 5.79 Å². The topological polar surface area (TPSA) is 57.7 Å². The predicted molar refractivity (Wildman–Crippen MR) is 76.8 cm³/mol. The Kier molecular flexibility index (Phi) is 4.55. The summed E-state index contributed by atoms with van der Waals surface area (Å²) in [5, 5.41) is -0.278. The van der Waals surface area contributed by atoms with Gasteiger partial charge in [-0.2, -0.15) is 0 Å². The van der Waals surface area contributed by atoms with Crippen LogP contribution in [0.1, 0.15) is 37.6 Å². The Hall–Kier alpha value is -1.27. The summed E-state index contributed by atoms with van der Waals surface area (Å²) in [7, 11) is 0. The molecule has 0 N–H and O–H groups in total. The van der Waals surface area contributed by atoms with Gasteiger partial charge in [-0.25, -0.2) is 4.79 Å².